The SMILES string of the molecule is COc1ccc(-c2nc(CO)c(N3CCC4(CC3)Cc3ccccc3C4)nc2C)c(Cl)c1. The fraction of sp³-hybridized carbons (Fsp3) is 0.385. The van der Waals surface area contributed by atoms with Gasteiger partial charge in [-0.25, -0.2) is 9.97 Å². The van der Waals surface area contributed by atoms with Crippen LogP contribution in [0.15, 0.2) is 42.5 Å². The van der Waals surface area contributed by atoms with E-state index >= 15 is 0 Å². The van der Waals surface area contributed by atoms with E-state index in [-0.39, 0.29) is 6.61 Å². The Morgan fingerprint density at radius 1 is 1.06 bits per heavy atom. The van der Waals surface area contributed by atoms with E-state index in [4.69, 9.17) is 26.3 Å². The normalized spacial score (nSPS) is 16.9. The third kappa shape index (κ3) is 3.74. The second-order valence-corrected chi connectivity index (χ2v) is 9.45. The Morgan fingerprint density at radius 2 is 1.75 bits per heavy atom. The van der Waals surface area contributed by atoms with Crippen molar-refractivity contribution < 1.29 is 9.84 Å². The summed E-state index contributed by atoms with van der Waals surface area (Å²) in [4.78, 5) is 12.0. The number of benzene rings is 2. The average Bonchev–Trinajstić information content (AvgIpc) is 3.17. The van der Waals surface area contributed by atoms with Crippen LogP contribution in [0.3, 0.4) is 0 Å². The third-order valence-corrected chi connectivity index (χ3v) is 7.39. The maximum Gasteiger partial charge on any atom is 0.153 e. The van der Waals surface area contributed by atoms with Crippen molar-refractivity contribution in [3.05, 3.63) is 70.0 Å². The molecular formula is C26H28ClN3O2. The smallest absolute Gasteiger partial charge is 0.153 e. The van der Waals surface area contributed by atoms with Gasteiger partial charge in [-0.3, -0.25) is 0 Å². The molecule has 1 aromatic heterocycles. The Labute approximate surface area is 194 Å². The Bertz CT molecular complexity index is 1130. The summed E-state index contributed by atoms with van der Waals surface area (Å²) in [6, 6.07) is 14.4. The number of fused-ring (bicyclic) bond motifs is 1. The van der Waals surface area contributed by atoms with Gasteiger partial charge in [0, 0.05) is 18.7 Å². The second-order valence-electron chi connectivity index (χ2n) is 9.04. The molecule has 1 saturated heterocycles. The van der Waals surface area contributed by atoms with Gasteiger partial charge < -0.3 is 14.7 Å². The van der Waals surface area contributed by atoms with Gasteiger partial charge in [-0.05, 0) is 67.3 Å². The van der Waals surface area contributed by atoms with E-state index in [0.717, 1.165) is 43.0 Å². The first-order valence-electron chi connectivity index (χ1n) is 11.2. The largest absolute Gasteiger partial charge is 0.497 e. The van der Waals surface area contributed by atoms with Crippen molar-refractivity contribution in [3.8, 4) is 17.0 Å². The molecule has 6 heteroatoms. The molecule has 166 valence electrons. The quantitative estimate of drug-likeness (QED) is 0.608. The zero-order valence-electron chi connectivity index (χ0n) is 18.6. The van der Waals surface area contributed by atoms with Crippen molar-refractivity contribution in [2.75, 3.05) is 25.1 Å². The molecule has 5 nitrogen and oxygen atoms in total. The highest BCUT2D eigenvalue weighted by molar-refractivity contribution is 6.33. The Hall–Kier alpha value is -2.63. The standard InChI is InChI=1S/C26H28ClN3O2/c1-17-24(21-8-7-20(32-2)13-22(21)27)29-23(16-31)25(28-17)30-11-9-26(10-12-30)14-18-5-3-4-6-19(18)15-26/h3-8,13,31H,9-12,14-16H2,1-2H3. The first-order valence-corrected chi connectivity index (χ1v) is 11.5. The van der Waals surface area contributed by atoms with Crippen LogP contribution in [0.4, 0.5) is 5.82 Å². The van der Waals surface area contributed by atoms with E-state index < -0.39 is 0 Å². The highest BCUT2D eigenvalue weighted by atomic mass is 35.5. The van der Waals surface area contributed by atoms with Crippen molar-refractivity contribution in [1.82, 2.24) is 9.97 Å². The molecule has 0 radical (unpaired) electrons. The minimum absolute atomic E-state index is 0.156. The maximum atomic E-state index is 10.1. The maximum absolute atomic E-state index is 10.1. The van der Waals surface area contributed by atoms with Crippen molar-refractivity contribution in [2.24, 2.45) is 5.41 Å². The number of methoxy groups -OCH3 is 1. The van der Waals surface area contributed by atoms with Gasteiger partial charge in [-0.1, -0.05) is 35.9 Å². The molecular weight excluding hydrogens is 422 g/mol. The van der Waals surface area contributed by atoms with E-state index in [0.29, 0.717) is 27.6 Å². The number of aryl methyl sites for hydroxylation is 1. The van der Waals surface area contributed by atoms with E-state index in [1.165, 1.54) is 24.0 Å². The molecule has 0 bridgehead atoms. The molecule has 5 rings (SSSR count). The molecule has 2 aromatic carbocycles. The first kappa shape index (κ1) is 21.2. The fourth-order valence-electron chi connectivity index (χ4n) is 5.29. The minimum Gasteiger partial charge on any atom is -0.497 e. The summed E-state index contributed by atoms with van der Waals surface area (Å²) in [5.74, 6) is 1.49. The summed E-state index contributed by atoms with van der Waals surface area (Å²) in [5.41, 5.74) is 6.27. The van der Waals surface area contributed by atoms with Crippen LogP contribution in [-0.4, -0.2) is 35.3 Å². The molecule has 32 heavy (non-hydrogen) atoms. The number of hydrogen-bond acceptors (Lipinski definition) is 5. The summed E-state index contributed by atoms with van der Waals surface area (Å²) in [5, 5.41) is 10.7. The highest BCUT2D eigenvalue weighted by Gasteiger charge is 2.40. The summed E-state index contributed by atoms with van der Waals surface area (Å²) in [7, 11) is 1.61. The molecule has 1 N–H and O–H groups in total. The number of aliphatic hydroxyl groups is 1. The van der Waals surface area contributed by atoms with Crippen LogP contribution in [0.2, 0.25) is 5.02 Å². The van der Waals surface area contributed by atoms with Gasteiger partial charge >= 0.3 is 0 Å². The van der Waals surface area contributed by atoms with Gasteiger partial charge in [0.2, 0.25) is 0 Å². The van der Waals surface area contributed by atoms with E-state index in [9.17, 15) is 5.11 Å². The second kappa shape index (κ2) is 8.38. The van der Waals surface area contributed by atoms with Crippen LogP contribution in [0, 0.1) is 12.3 Å². The van der Waals surface area contributed by atoms with Gasteiger partial charge in [0.25, 0.3) is 0 Å². The number of rotatable bonds is 4. The average molecular weight is 450 g/mol. The van der Waals surface area contributed by atoms with E-state index in [1.54, 1.807) is 13.2 Å². The number of nitrogens with zero attached hydrogens (tertiary/aromatic N) is 3. The summed E-state index contributed by atoms with van der Waals surface area (Å²) in [6.45, 7) is 3.65. The number of aromatic nitrogens is 2. The molecule has 0 atom stereocenters. The molecule has 1 spiro atoms. The van der Waals surface area contributed by atoms with Crippen LogP contribution in [0.1, 0.15) is 35.4 Å². The number of ether oxygens (including phenoxy) is 1. The highest BCUT2D eigenvalue weighted by Crippen LogP contribution is 2.45. The van der Waals surface area contributed by atoms with Gasteiger partial charge in [-0.2, -0.15) is 0 Å². The number of aliphatic hydroxyl groups excluding tert-OH is 1. The Balaban J connectivity index is 1.39. The number of piperidine rings is 1. The van der Waals surface area contributed by atoms with Crippen molar-refractivity contribution in [1.29, 1.82) is 0 Å². The van der Waals surface area contributed by atoms with Crippen LogP contribution in [0.5, 0.6) is 5.75 Å². The summed E-state index contributed by atoms with van der Waals surface area (Å²) < 4.78 is 5.25. The monoisotopic (exact) mass is 449 g/mol. The molecule has 2 heterocycles. The first-order chi connectivity index (χ1) is 15.5. The van der Waals surface area contributed by atoms with E-state index in [2.05, 4.69) is 29.2 Å². The molecule has 0 saturated carbocycles. The minimum atomic E-state index is -0.156. The molecule has 0 unspecified atom stereocenters. The number of hydrogen-bond donors (Lipinski definition) is 1. The predicted molar refractivity (Wildman–Crippen MR) is 127 cm³/mol. The molecule has 1 fully saturated rings. The summed E-state index contributed by atoms with van der Waals surface area (Å²) in [6.07, 6.45) is 4.59. The van der Waals surface area contributed by atoms with E-state index in [1.807, 2.05) is 19.1 Å². The number of halogens is 1. The lowest BCUT2D eigenvalue weighted by Gasteiger charge is -2.40. The molecule has 0 amide bonds. The van der Waals surface area contributed by atoms with Crippen molar-refractivity contribution in [3.63, 3.8) is 0 Å². The van der Waals surface area contributed by atoms with Crippen LogP contribution in [0.25, 0.3) is 11.3 Å². The van der Waals surface area contributed by atoms with Crippen LogP contribution in [-0.2, 0) is 19.4 Å². The fourth-order valence-corrected chi connectivity index (χ4v) is 5.55. The number of anilines is 1. The molecule has 3 aromatic rings. The lowest BCUT2D eigenvalue weighted by Crippen LogP contribution is -2.41. The molecule has 1 aliphatic heterocycles. The topological polar surface area (TPSA) is 58.5 Å². The van der Waals surface area contributed by atoms with Gasteiger partial charge in [0.05, 0.1) is 30.1 Å². The van der Waals surface area contributed by atoms with Gasteiger partial charge in [-0.15, -0.1) is 0 Å². The van der Waals surface area contributed by atoms with Gasteiger partial charge in [0.15, 0.2) is 5.82 Å². The van der Waals surface area contributed by atoms with Crippen molar-refractivity contribution >= 4 is 17.4 Å². The third-order valence-electron chi connectivity index (χ3n) is 7.08. The Morgan fingerprint density at radius 3 is 2.34 bits per heavy atom. The predicted octanol–water partition coefficient (Wildman–Crippen LogP) is 4.99. The lowest BCUT2D eigenvalue weighted by atomic mass is 9.76. The van der Waals surface area contributed by atoms with Gasteiger partial charge in [0.1, 0.15) is 11.4 Å². The Kier molecular flexibility index (Phi) is 5.56. The lowest BCUT2D eigenvalue weighted by molar-refractivity contribution is 0.231. The summed E-state index contributed by atoms with van der Waals surface area (Å²) >= 11 is 6.49. The van der Waals surface area contributed by atoms with Crippen LogP contribution < -0.4 is 9.64 Å². The zero-order valence-corrected chi connectivity index (χ0v) is 19.3. The van der Waals surface area contributed by atoms with Crippen LogP contribution >= 0.6 is 11.6 Å². The van der Waals surface area contributed by atoms with Crippen molar-refractivity contribution in [2.45, 2.75) is 39.2 Å². The molecule has 1 aliphatic carbocycles. The molecule has 2 aliphatic rings. The zero-order chi connectivity index (χ0) is 22.3.